The first kappa shape index (κ1) is 26.7. The van der Waals surface area contributed by atoms with E-state index in [0.29, 0.717) is 5.75 Å². The number of benzene rings is 2. The van der Waals surface area contributed by atoms with Crippen LogP contribution in [-0.2, 0) is 25.2 Å². The first-order valence-corrected chi connectivity index (χ1v) is 13.6. The molecular weight excluding hydrogens is 548 g/mol. The predicted molar refractivity (Wildman–Crippen MR) is 142 cm³/mol. The number of pyridine rings is 1. The molecule has 2 aliphatic rings. The van der Waals surface area contributed by atoms with Crippen LogP contribution in [0.25, 0.3) is 0 Å². The molecule has 0 aliphatic carbocycles. The number of rotatable bonds is 7. The Morgan fingerprint density at radius 2 is 1.79 bits per heavy atom. The molecule has 1 atom stereocenters. The number of aromatic nitrogens is 1. The number of carbonyl (C=O) groups is 2. The highest BCUT2D eigenvalue weighted by atomic mass is 35.5. The van der Waals surface area contributed by atoms with Crippen molar-refractivity contribution in [2.45, 2.75) is 10.4 Å². The Bertz CT molecular complexity index is 1580. The van der Waals surface area contributed by atoms with Crippen molar-refractivity contribution in [2.75, 3.05) is 45.3 Å². The van der Waals surface area contributed by atoms with Gasteiger partial charge < -0.3 is 19.5 Å². The highest BCUT2D eigenvalue weighted by Gasteiger charge is 2.61. The number of nitrogens with one attached hydrogen (secondary N) is 1. The van der Waals surface area contributed by atoms with Gasteiger partial charge in [0.2, 0.25) is 11.8 Å². The maximum absolute atomic E-state index is 14.8. The van der Waals surface area contributed by atoms with Gasteiger partial charge in [-0.25, -0.2) is 17.7 Å². The SMILES string of the molecule is COc1ccc(S(=O)(=O)N2C(=O)C(c3cccnc3OC)(N3CCNC(=O)C3)c3cc(Cl)ccc32)c(OC)c1. The fraction of sp³-hybridized carbons (Fsp3) is 0.269. The number of anilines is 1. The highest BCUT2D eigenvalue weighted by molar-refractivity contribution is 7.93. The molecule has 3 heterocycles. The van der Waals surface area contributed by atoms with Crippen LogP contribution >= 0.6 is 11.6 Å². The quantitative estimate of drug-likeness (QED) is 0.453. The van der Waals surface area contributed by atoms with Gasteiger partial charge >= 0.3 is 0 Å². The van der Waals surface area contributed by atoms with E-state index >= 15 is 0 Å². The number of methoxy groups -OCH3 is 3. The summed E-state index contributed by atoms with van der Waals surface area (Å²) >= 11 is 6.43. The van der Waals surface area contributed by atoms with Crippen molar-refractivity contribution in [3.05, 3.63) is 70.9 Å². The van der Waals surface area contributed by atoms with E-state index in [2.05, 4.69) is 10.3 Å². The van der Waals surface area contributed by atoms with Crippen molar-refractivity contribution in [3.63, 3.8) is 0 Å². The van der Waals surface area contributed by atoms with Crippen LogP contribution in [0.2, 0.25) is 5.02 Å². The van der Waals surface area contributed by atoms with Gasteiger partial charge in [0.25, 0.3) is 15.9 Å². The van der Waals surface area contributed by atoms with E-state index in [1.165, 1.54) is 63.9 Å². The summed E-state index contributed by atoms with van der Waals surface area (Å²) in [4.78, 5) is 33.1. The maximum atomic E-state index is 14.8. The standard InChI is InChI=1S/C26H25ClN4O7S/c1-36-17-7-9-22(21(14-17)37-2)39(34,35)31-20-8-6-16(27)13-19(20)26(25(31)33,30-12-11-28-23(32)15-30)18-5-4-10-29-24(18)38-3/h4-10,13-14H,11-12,15H2,1-3H3,(H,28,32). The normalized spacial score (nSPS) is 19.4. The number of ether oxygens (including phenoxy) is 3. The first-order chi connectivity index (χ1) is 18.7. The summed E-state index contributed by atoms with van der Waals surface area (Å²) in [5, 5.41) is 3.03. The van der Waals surface area contributed by atoms with E-state index in [1.807, 2.05) is 0 Å². The molecule has 1 aromatic heterocycles. The smallest absolute Gasteiger partial charge is 0.274 e. The van der Waals surface area contributed by atoms with E-state index in [-0.39, 0.29) is 63.9 Å². The maximum Gasteiger partial charge on any atom is 0.274 e. The van der Waals surface area contributed by atoms with Gasteiger partial charge in [-0.15, -0.1) is 0 Å². The molecule has 204 valence electrons. The van der Waals surface area contributed by atoms with Gasteiger partial charge in [-0.1, -0.05) is 11.6 Å². The lowest BCUT2D eigenvalue weighted by molar-refractivity contribution is -0.132. The monoisotopic (exact) mass is 572 g/mol. The zero-order valence-corrected chi connectivity index (χ0v) is 22.9. The number of halogens is 1. The van der Waals surface area contributed by atoms with Crippen molar-refractivity contribution in [3.8, 4) is 17.4 Å². The van der Waals surface area contributed by atoms with Crippen LogP contribution < -0.4 is 23.8 Å². The third kappa shape index (κ3) is 4.06. The molecule has 2 aliphatic heterocycles. The number of hydrogen-bond donors (Lipinski definition) is 1. The lowest BCUT2D eigenvalue weighted by Gasteiger charge is -2.42. The van der Waals surface area contributed by atoms with Gasteiger partial charge in [0.15, 0.2) is 5.54 Å². The number of nitrogens with zero attached hydrogens (tertiary/aromatic N) is 3. The summed E-state index contributed by atoms with van der Waals surface area (Å²) in [6, 6.07) is 11.9. The van der Waals surface area contributed by atoms with Crippen LogP contribution in [0, 0.1) is 0 Å². The second-order valence-electron chi connectivity index (χ2n) is 8.80. The van der Waals surface area contributed by atoms with Crippen molar-refractivity contribution < 1.29 is 32.2 Å². The minimum absolute atomic E-state index is 0.00790. The largest absolute Gasteiger partial charge is 0.497 e. The number of amides is 2. The average Bonchev–Trinajstić information content (AvgIpc) is 3.20. The summed E-state index contributed by atoms with van der Waals surface area (Å²) < 4.78 is 45.5. The number of piperazine rings is 1. The number of carbonyl (C=O) groups excluding carboxylic acids is 2. The number of fused-ring (bicyclic) bond motifs is 1. The van der Waals surface area contributed by atoms with E-state index in [1.54, 1.807) is 17.0 Å². The Morgan fingerprint density at radius 3 is 2.49 bits per heavy atom. The molecule has 0 saturated carbocycles. The number of hydrogen-bond acceptors (Lipinski definition) is 9. The molecule has 1 N–H and O–H groups in total. The molecule has 11 nitrogen and oxygen atoms in total. The molecular formula is C26H25ClN4O7S. The molecule has 1 saturated heterocycles. The van der Waals surface area contributed by atoms with Crippen LogP contribution in [0.15, 0.2) is 59.6 Å². The predicted octanol–water partition coefficient (Wildman–Crippen LogP) is 2.17. The van der Waals surface area contributed by atoms with Crippen molar-refractivity contribution in [1.82, 2.24) is 15.2 Å². The van der Waals surface area contributed by atoms with E-state index in [4.69, 9.17) is 25.8 Å². The number of sulfonamides is 1. The van der Waals surface area contributed by atoms with Gasteiger partial charge in [0, 0.05) is 41.5 Å². The van der Waals surface area contributed by atoms with Crippen molar-refractivity contribution in [2.24, 2.45) is 0 Å². The lowest BCUT2D eigenvalue weighted by atomic mass is 9.82. The summed E-state index contributed by atoms with van der Waals surface area (Å²) in [6.45, 7) is 0.294. The summed E-state index contributed by atoms with van der Waals surface area (Å²) in [7, 11) is -0.395. The van der Waals surface area contributed by atoms with Crippen LogP contribution in [-0.4, -0.2) is 71.1 Å². The average molecular weight is 573 g/mol. The fourth-order valence-corrected chi connectivity index (χ4v) is 6.94. The van der Waals surface area contributed by atoms with Crippen molar-refractivity contribution in [1.29, 1.82) is 0 Å². The van der Waals surface area contributed by atoms with Gasteiger partial charge in [0.05, 0.1) is 33.6 Å². The Morgan fingerprint density at radius 1 is 1.00 bits per heavy atom. The fourth-order valence-electron chi connectivity index (χ4n) is 5.16. The minimum atomic E-state index is -4.56. The van der Waals surface area contributed by atoms with Gasteiger partial charge in [-0.3, -0.25) is 14.5 Å². The zero-order valence-electron chi connectivity index (χ0n) is 21.3. The zero-order chi connectivity index (χ0) is 27.9. The van der Waals surface area contributed by atoms with Crippen LogP contribution in [0.5, 0.6) is 17.4 Å². The topological polar surface area (TPSA) is 127 Å². The second-order valence-corrected chi connectivity index (χ2v) is 11.0. The van der Waals surface area contributed by atoms with E-state index in [9.17, 15) is 18.0 Å². The molecule has 0 bridgehead atoms. The molecule has 1 unspecified atom stereocenters. The molecule has 1 fully saturated rings. The van der Waals surface area contributed by atoms with Crippen LogP contribution in [0.3, 0.4) is 0 Å². The molecule has 0 radical (unpaired) electrons. The molecule has 2 amide bonds. The summed E-state index contributed by atoms with van der Waals surface area (Å²) in [6.07, 6.45) is 1.49. The van der Waals surface area contributed by atoms with Crippen LogP contribution in [0.4, 0.5) is 5.69 Å². The third-order valence-corrected chi connectivity index (χ3v) is 8.79. The molecule has 2 aromatic carbocycles. The third-order valence-electron chi connectivity index (χ3n) is 6.82. The second kappa shape index (κ2) is 10.0. The first-order valence-electron chi connectivity index (χ1n) is 11.8. The Hall–Kier alpha value is -3.87. The van der Waals surface area contributed by atoms with E-state index < -0.39 is 21.5 Å². The summed E-state index contributed by atoms with van der Waals surface area (Å²) in [5.41, 5.74) is -1.17. The van der Waals surface area contributed by atoms with Crippen molar-refractivity contribution >= 4 is 39.1 Å². The lowest BCUT2D eigenvalue weighted by Crippen LogP contribution is -2.61. The molecule has 5 rings (SSSR count). The molecule has 39 heavy (non-hydrogen) atoms. The van der Waals surface area contributed by atoms with Gasteiger partial charge in [-0.05, 0) is 42.5 Å². The molecule has 3 aromatic rings. The molecule has 13 heteroatoms. The minimum Gasteiger partial charge on any atom is -0.497 e. The van der Waals surface area contributed by atoms with Gasteiger partial charge in [-0.2, -0.15) is 0 Å². The van der Waals surface area contributed by atoms with E-state index in [0.717, 1.165) is 4.31 Å². The Kier molecular flexibility index (Phi) is 6.87. The van der Waals surface area contributed by atoms with Crippen LogP contribution in [0.1, 0.15) is 11.1 Å². The molecule has 0 spiro atoms. The summed E-state index contributed by atoms with van der Waals surface area (Å²) in [5.74, 6) is -0.688. The Labute approximate surface area is 230 Å². The van der Waals surface area contributed by atoms with Gasteiger partial charge in [0.1, 0.15) is 16.4 Å². The highest BCUT2D eigenvalue weighted by Crippen LogP contribution is 2.53. The Balaban J connectivity index is 1.83.